The normalized spacial score (nSPS) is 17.8. The summed E-state index contributed by atoms with van der Waals surface area (Å²) >= 11 is 0. The number of benzene rings is 2. The summed E-state index contributed by atoms with van der Waals surface area (Å²) in [5.41, 5.74) is -0.641. The zero-order valence-electron chi connectivity index (χ0n) is 22.2. The Morgan fingerprint density at radius 3 is 2.50 bits per heavy atom. The molecule has 1 fully saturated rings. The van der Waals surface area contributed by atoms with Crippen molar-refractivity contribution in [2.75, 3.05) is 38.7 Å². The fourth-order valence-electron chi connectivity index (χ4n) is 5.05. The highest BCUT2D eigenvalue weighted by Gasteiger charge is 2.67. The van der Waals surface area contributed by atoms with E-state index in [0.717, 1.165) is 38.4 Å². The lowest BCUT2D eigenvalue weighted by molar-refractivity contribution is -0.352. The van der Waals surface area contributed by atoms with Gasteiger partial charge in [0.05, 0.1) is 13.2 Å². The van der Waals surface area contributed by atoms with Gasteiger partial charge in [0.1, 0.15) is 11.3 Å². The van der Waals surface area contributed by atoms with Crippen LogP contribution in [-0.4, -0.2) is 107 Å². The number of fused-ring (bicyclic) bond motifs is 1. The van der Waals surface area contributed by atoms with Crippen LogP contribution in [0.5, 0.6) is 0 Å². The summed E-state index contributed by atoms with van der Waals surface area (Å²) in [5, 5.41) is 46.7. The van der Waals surface area contributed by atoms with Gasteiger partial charge in [-0.05, 0) is 23.8 Å². The number of hydrogen-bond donors (Lipinski definition) is 6. The van der Waals surface area contributed by atoms with E-state index in [-0.39, 0.29) is 18.7 Å². The molecule has 1 unspecified atom stereocenters. The Bertz CT molecular complexity index is 1300. The van der Waals surface area contributed by atoms with Crippen LogP contribution < -0.4 is 10.6 Å². The van der Waals surface area contributed by atoms with Gasteiger partial charge in [-0.2, -0.15) is 0 Å². The molecule has 0 spiro atoms. The van der Waals surface area contributed by atoms with E-state index < -0.39 is 40.9 Å². The second kappa shape index (κ2) is 11.2. The summed E-state index contributed by atoms with van der Waals surface area (Å²) in [7, 11) is 2.05. The average molecular weight is 558 g/mol. The van der Waals surface area contributed by atoms with Crippen molar-refractivity contribution >= 4 is 31.6 Å². The number of morpholine rings is 1. The lowest BCUT2D eigenvalue weighted by atomic mass is 9.65. The number of hydrogen-bond acceptors (Lipinski definition) is 10. The van der Waals surface area contributed by atoms with Gasteiger partial charge in [0, 0.05) is 62.1 Å². The van der Waals surface area contributed by atoms with Gasteiger partial charge < -0.3 is 40.7 Å². The summed E-state index contributed by atoms with van der Waals surface area (Å²) < 4.78 is 20.3. The number of carbonyl (C=O) groups is 3. The average Bonchev–Trinajstić information content (AvgIpc) is 3.29. The van der Waals surface area contributed by atoms with E-state index in [1.165, 1.54) is 12.1 Å². The molecule has 2 aliphatic rings. The zero-order chi connectivity index (χ0) is 29.3. The van der Waals surface area contributed by atoms with Crippen LogP contribution in [0.25, 0.3) is 0 Å². The molecule has 1 atom stereocenters. The van der Waals surface area contributed by atoms with Crippen LogP contribution in [0.2, 0.25) is 0 Å². The predicted octanol–water partition coefficient (Wildman–Crippen LogP) is -2.14. The molecular weight excluding hydrogens is 526 g/mol. The molecule has 2 amide bonds. The molecule has 12 nitrogen and oxygen atoms in total. The smallest absolute Gasteiger partial charge is 0.278 e. The lowest BCUT2D eigenvalue weighted by Crippen LogP contribution is -2.79. The topological polar surface area (TPSA) is 172 Å². The van der Waals surface area contributed by atoms with Crippen molar-refractivity contribution in [2.24, 2.45) is 0 Å². The van der Waals surface area contributed by atoms with E-state index >= 15 is 0 Å². The number of nitrogens with zero attached hydrogens (tertiary/aromatic N) is 2. The Kier molecular flexibility index (Phi) is 8.31. The Morgan fingerprint density at radius 1 is 1.18 bits per heavy atom. The fraction of sp³-hybridized carbons (Fsp3) is 0.423. The summed E-state index contributed by atoms with van der Waals surface area (Å²) in [5.74, 6) is -9.99. The number of aldehydes is 1. The quantitative estimate of drug-likeness (QED) is 0.107. The molecule has 0 radical (unpaired) electrons. The molecular formula is C26H32BFN4O8. The number of nitrogens with one attached hydrogen (secondary N) is 2. The molecule has 2 aromatic carbocycles. The first-order chi connectivity index (χ1) is 18.9. The van der Waals surface area contributed by atoms with Crippen molar-refractivity contribution in [3.05, 3.63) is 64.5 Å². The van der Waals surface area contributed by atoms with E-state index in [1.807, 2.05) is 6.07 Å². The third-order valence-electron chi connectivity index (χ3n) is 7.63. The molecule has 0 saturated carbocycles. The number of amides is 2. The second-order valence-corrected chi connectivity index (χ2v) is 10.1. The maximum absolute atomic E-state index is 14.9. The van der Waals surface area contributed by atoms with Gasteiger partial charge in [-0.25, -0.2) is 4.39 Å². The number of ether oxygens (including phenoxy) is 1. The van der Waals surface area contributed by atoms with Gasteiger partial charge in [0.15, 0.2) is 14.1 Å². The van der Waals surface area contributed by atoms with Gasteiger partial charge in [-0.1, -0.05) is 18.2 Å². The molecule has 214 valence electrons. The maximum atomic E-state index is 14.9. The summed E-state index contributed by atoms with van der Waals surface area (Å²) in [6.07, 6.45) is -0.546. The maximum Gasteiger partial charge on any atom is 0.278 e. The van der Waals surface area contributed by atoms with E-state index in [1.54, 1.807) is 18.2 Å². The fourth-order valence-corrected chi connectivity index (χ4v) is 5.05. The highest BCUT2D eigenvalue weighted by Crippen LogP contribution is 2.39. The van der Waals surface area contributed by atoms with Gasteiger partial charge in [0.2, 0.25) is 5.91 Å². The minimum Gasteiger partial charge on any atom is -0.381 e. The largest absolute Gasteiger partial charge is 0.381 e. The molecule has 2 aromatic rings. The highest BCUT2D eigenvalue weighted by atomic mass is 19.1. The Balaban J connectivity index is 1.56. The van der Waals surface area contributed by atoms with Crippen LogP contribution in [0.15, 0.2) is 36.4 Å². The molecule has 2 aliphatic heterocycles. The van der Waals surface area contributed by atoms with E-state index in [2.05, 4.69) is 15.5 Å². The van der Waals surface area contributed by atoms with Gasteiger partial charge in [-0.15, -0.1) is 0 Å². The third kappa shape index (κ3) is 5.09. The molecule has 40 heavy (non-hydrogen) atoms. The van der Waals surface area contributed by atoms with Crippen molar-refractivity contribution in [2.45, 2.75) is 36.6 Å². The number of aliphatic hydroxyl groups is 4. The Hall–Kier alpha value is -3.40. The molecule has 1 saturated heterocycles. The van der Waals surface area contributed by atoms with E-state index in [0.29, 0.717) is 36.6 Å². The van der Waals surface area contributed by atoms with Crippen molar-refractivity contribution in [1.82, 2.24) is 15.1 Å². The van der Waals surface area contributed by atoms with Crippen molar-refractivity contribution in [3.8, 4) is 0 Å². The minimum absolute atomic E-state index is 0.0620. The van der Waals surface area contributed by atoms with Crippen LogP contribution in [0.4, 0.5) is 10.1 Å². The SMILES string of the molecule is BC(C(=O)NC)(N1Cc2c(NCc3ccc(CN4CCOCC4)cc3F)cccc2C1=O)C(O)(O)C(O)(O)C=O. The molecule has 0 bridgehead atoms. The first-order valence-electron chi connectivity index (χ1n) is 12.7. The third-order valence-corrected chi connectivity index (χ3v) is 7.63. The van der Waals surface area contributed by atoms with Crippen LogP contribution in [-0.2, 0) is 34.0 Å². The molecule has 2 heterocycles. The van der Waals surface area contributed by atoms with Crippen molar-refractivity contribution in [1.29, 1.82) is 0 Å². The van der Waals surface area contributed by atoms with Crippen LogP contribution in [0.3, 0.4) is 0 Å². The Morgan fingerprint density at radius 2 is 1.88 bits per heavy atom. The zero-order valence-corrected chi connectivity index (χ0v) is 22.2. The van der Waals surface area contributed by atoms with E-state index in [4.69, 9.17) is 4.74 Å². The van der Waals surface area contributed by atoms with Crippen molar-refractivity contribution in [3.63, 3.8) is 0 Å². The van der Waals surface area contributed by atoms with Crippen LogP contribution >= 0.6 is 0 Å². The van der Waals surface area contributed by atoms with Gasteiger partial charge >= 0.3 is 0 Å². The summed E-state index contributed by atoms with van der Waals surface area (Å²) in [4.78, 5) is 40.5. The number of carbonyl (C=O) groups excluding carboxylic acids is 3. The Labute approximate surface area is 230 Å². The van der Waals surface area contributed by atoms with Crippen molar-refractivity contribution < 1.29 is 43.9 Å². The first-order valence-corrected chi connectivity index (χ1v) is 12.7. The molecule has 0 aliphatic carbocycles. The predicted molar refractivity (Wildman–Crippen MR) is 142 cm³/mol. The summed E-state index contributed by atoms with van der Waals surface area (Å²) in [6, 6.07) is 9.64. The number of likely N-dealkylation sites (N-methyl/N-ethyl adjacent to an activating group) is 1. The van der Waals surface area contributed by atoms with Gasteiger partial charge in [0.25, 0.3) is 17.5 Å². The van der Waals surface area contributed by atoms with Crippen LogP contribution in [0.1, 0.15) is 27.0 Å². The monoisotopic (exact) mass is 558 g/mol. The lowest BCUT2D eigenvalue weighted by Gasteiger charge is -2.48. The van der Waals surface area contributed by atoms with E-state index in [9.17, 15) is 39.2 Å². The standard InChI is InChI=1S/C26H32BFN4O8/c1-29-23(35)25(27,26(38,39)24(36,37)15-33)32-14-19-18(22(32)34)3-2-4-21(19)30-12-17-6-5-16(11-20(17)28)13-31-7-9-40-10-8-31/h2-6,11,15,30,36-39H,7-10,12-14,27H2,1H3,(H,29,35). The molecule has 0 aromatic heterocycles. The molecule has 4 rings (SSSR count). The number of anilines is 1. The second-order valence-electron chi connectivity index (χ2n) is 10.1. The number of rotatable bonds is 10. The molecule has 6 N–H and O–H groups in total. The minimum atomic E-state index is -3.81. The highest BCUT2D eigenvalue weighted by molar-refractivity contribution is 6.31. The summed E-state index contributed by atoms with van der Waals surface area (Å²) in [6.45, 7) is 3.14. The first kappa shape index (κ1) is 29.6. The number of halogens is 1. The molecule has 14 heteroatoms. The van der Waals surface area contributed by atoms with Gasteiger partial charge in [-0.3, -0.25) is 19.3 Å². The van der Waals surface area contributed by atoms with Crippen LogP contribution in [0, 0.1) is 5.82 Å².